The molecule has 0 saturated carbocycles. The third-order valence-electron chi connectivity index (χ3n) is 4.94. The van der Waals surface area contributed by atoms with Crippen molar-refractivity contribution in [3.63, 3.8) is 0 Å². The number of hydrogen-bond acceptors (Lipinski definition) is 3. The zero-order valence-corrected chi connectivity index (χ0v) is 16.7. The molecule has 1 N–H and O–H groups in total. The van der Waals surface area contributed by atoms with Crippen LogP contribution in [0.4, 0.5) is 0 Å². The summed E-state index contributed by atoms with van der Waals surface area (Å²) in [5.74, 6) is 1.48. The van der Waals surface area contributed by atoms with Crippen LogP contribution in [-0.4, -0.2) is 22.6 Å². The van der Waals surface area contributed by atoms with Gasteiger partial charge in [-0.3, -0.25) is 4.79 Å². The molecule has 0 aliphatic heterocycles. The van der Waals surface area contributed by atoms with E-state index in [1.165, 1.54) is 5.56 Å². The predicted molar refractivity (Wildman–Crippen MR) is 110 cm³/mol. The van der Waals surface area contributed by atoms with Gasteiger partial charge in [0, 0.05) is 31.4 Å². The number of nitrogens with zero attached hydrogens (tertiary/aromatic N) is 2. The fourth-order valence-electron chi connectivity index (χ4n) is 3.27. The number of benzene rings is 2. The normalized spacial score (nSPS) is 11.8. The van der Waals surface area contributed by atoms with E-state index in [0.29, 0.717) is 12.8 Å². The van der Waals surface area contributed by atoms with E-state index in [1.54, 1.807) is 13.3 Å². The summed E-state index contributed by atoms with van der Waals surface area (Å²) < 4.78 is 7.43. The Morgan fingerprint density at radius 2 is 1.86 bits per heavy atom. The number of carbonyl (C=O) groups excluding carboxylic acids is 1. The Hall–Kier alpha value is -3.08. The highest BCUT2D eigenvalue weighted by Crippen LogP contribution is 2.29. The largest absolute Gasteiger partial charge is 0.496 e. The highest BCUT2D eigenvalue weighted by molar-refractivity contribution is 5.77. The molecule has 5 heteroatoms. The van der Waals surface area contributed by atoms with E-state index < -0.39 is 0 Å². The number of hydrogen-bond donors (Lipinski definition) is 1. The van der Waals surface area contributed by atoms with Crippen molar-refractivity contribution in [1.29, 1.82) is 0 Å². The van der Waals surface area contributed by atoms with Crippen LogP contribution in [0.15, 0.2) is 60.9 Å². The van der Waals surface area contributed by atoms with Gasteiger partial charge >= 0.3 is 0 Å². The first-order valence-electron chi connectivity index (χ1n) is 9.59. The highest BCUT2D eigenvalue weighted by Gasteiger charge is 2.23. The summed E-state index contributed by atoms with van der Waals surface area (Å²) in [4.78, 5) is 17.2. The van der Waals surface area contributed by atoms with Crippen molar-refractivity contribution < 1.29 is 9.53 Å². The van der Waals surface area contributed by atoms with Crippen LogP contribution in [0.5, 0.6) is 5.75 Å². The molecule has 28 heavy (non-hydrogen) atoms. The van der Waals surface area contributed by atoms with Crippen LogP contribution in [0.3, 0.4) is 0 Å². The van der Waals surface area contributed by atoms with Gasteiger partial charge in [0.1, 0.15) is 17.6 Å². The topological polar surface area (TPSA) is 56.1 Å². The van der Waals surface area contributed by atoms with Crippen LogP contribution >= 0.6 is 0 Å². The van der Waals surface area contributed by atoms with Gasteiger partial charge in [-0.1, -0.05) is 49.4 Å². The summed E-state index contributed by atoms with van der Waals surface area (Å²) in [5, 5.41) is 3.14. The Kier molecular flexibility index (Phi) is 6.48. The maximum Gasteiger partial charge on any atom is 0.221 e. The molecule has 0 radical (unpaired) electrons. The Balaban J connectivity index is 1.75. The Morgan fingerprint density at radius 1 is 1.14 bits per heavy atom. The molecule has 0 aliphatic rings. The van der Waals surface area contributed by atoms with E-state index in [9.17, 15) is 4.79 Å². The van der Waals surface area contributed by atoms with Crippen molar-refractivity contribution in [2.24, 2.45) is 7.05 Å². The van der Waals surface area contributed by atoms with Crippen molar-refractivity contribution >= 4 is 5.91 Å². The molecule has 0 aliphatic carbocycles. The Labute approximate surface area is 166 Å². The summed E-state index contributed by atoms with van der Waals surface area (Å²) in [6.07, 6.45) is 5.75. The molecule has 3 aromatic rings. The molecule has 1 aromatic heterocycles. The standard InChI is InChI=1S/C23H27N3O2/c1-4-17-9-11-18(12-10-17)13-14-21(27)25-22(23-24-15-16-26(23)2)19-7-5-6-8-20(19)28-3/h5-12,15-16,22H,4,13-14H2,1-3H3,(H,25,27). The average Bonchev–Trinajstić information content (AvgIpc) is 3.16. The molecular weight excluding hydrogens is 350 g/mol. The van der Waals surface area contributed by atoms with E-state index >= 15 is 0 Å². The molecule has 0 fully saturated rings. The summed E-state index contributed by atoms with van der Waals surface area (Å²) in [6, 6.07) is 15.8. The second kappa shape index (κ2) is 9.22. The van der Waals surface area contributed by atoms with Crippen LogP contribution in [0, 0.1) is 0 Å². The van der Waals surface area contributed by atoms with Gasteiger partial charge in [0.2, 0.25) is 5.91 Å². The van der Waals surface area contributed by atoms with Crippen LogP contribution in [0.25, 0.3) is 0 Å². The molecule has 5 nitrogen and oxygen atoms in total. The first-order valence-corrected chi connectivity index (χ1v) is 9.59. The summed E-state index contributed by atoms with van der Waals surface area (Å²) >= 11 is 0. The van der Waals surface area contributed by atoms with Gasteiger partial charge in [-0.2, -0.15) is 0 Å². The quantitative estimate of drug-likeness (QED) is 0.649. The van der Waals surface area contributed by atoms with Crippen LogP contribution in [0.1, 0.15) is 41.9 Å². The average molecular weight is 377 g/mol. The van der Waals surface area contributed by atoms with Crippen molar-refractivity contribution in [2.45, 2.75) is 32.2 Å². The van der Waals surface area contributed by atoms with Gasteiger partial charge < -0.3 is 14.6 Å². The van der Waals surface area contributed by atoms with Gasteiger partial charge in [-0.05, 0) is 30.0 Å². The van der Waals surface area contributed by atoms with Crippen molar-refractivity contribution in [2.75, 3.05) is 7.11 Å². The number of methoxy groups -OCH3 is 1. The number of ether oxygens (including phenoxy) is 1. The van der Waals surface area contributed by atoms with E-state index in [1.807, 2.05) is 42.1 Å². The SMILES string of the molecule is CCc1ccc(CCC(=O)NC(c2ccccc2OC)c2nccn2C)cc1. The van der Waals surface area contributed by atoms with Crippen molar-refractivity contribution in [3.8, 4) is 5.75 Å². The van der Waals surface area contributed by atoms with Gasteiger partial charge in [0.15, 0.2) is 0 Å². The molecule has 1 heterocycles. The van der Waals surface area contributed by atoms with E-state index in [2.05, 4.69) is 41.5 Å². The van der Waals surface area contributed by atoms with E-state index in [4.69, 9.17) is 4.74 Å². The number of imidazole rings is 1. The lowest BCUT2D eigenvalue weighted by Gasteiger charge is -2.21. The van der Waals surface area contributed by atoms with Gasteiger partial charge in [0.05, 0.1) is 7.11 Å². The third-order valence-corrected chi connectivity index (χ3v) is 4.94. The molecule has 0 saturated heterocycles. The minimum atomic E-state index is -0.369. The molecule has 2 aromatic carbocycles. The number of aromatic nitrogens is 2. The second-order valence-electron chi connectivity index (χ2n) is 6.81. The van der Waals surface area contributed by atoms with Crippen LogP contribution < -0.4 is 10.1 Å². The van der Waals surface area contributed by atoms with E-state index in [-0.39, 0.29) is 11.9 Å². The smallest absolute Gasteiger partial charge is 0.221 e. The zero-order valence-electron chi connectivity index (χ0n) is 16.7. The Bertz CT molecular complexity index is 916. The maximum atomic E-state index is 12.7. The van der Waals surface area contributed by atoms with Crippen LogP contribution in [0.2, 0.25) is 0 Å². The zero-order chi connectivity index (χ0) is 19.9. The molecule has 0 spiro atoms. The Morgan fingerprint density at radius 3 is 2.50 bits per heavy atom. The monoisotopic (exact) mass is 377 g/mol. The second-order valence-corrected chi connectivity index (χ2v) is 6.81. The van der Waals surface area contributed by atoms with Gasteiger partial charge in [-0.25, -0.2) is 4.98 Å². The van der Waals surface area contributed by atoms with E-state index in [0.717, 1.165) is 29.1 Å². The van der Waals surface area contributed by atoms with Crippen molar-refractivity contribution in [1.82, 2.24) is 14.9 Å². The van der Waals surface area contributed by atoms with Gasteiger partial charge in [-0.15, -0.1) is 0 Å². The molecule has 1 unspecified atom stereocenters. The number of aryl methyl sites for hydroxylation is 3. The number of carbonyl (C=O) groups is 1. The number of amides is 1. The van der Waals surface area contributed by atoms with Crippen molar-refractivity contribution in [3.05, 3.63) is 83.4 Å². The number of rotatable bonds is 8. The first-order chi connectivity index (χ1) is 13.6. The summed E-state index contributed by atoms with van der Waals surface area (Å²) in [6.45, 7) is 2.14. The lowest BCUT2D eigenvalue weighted by Crippen LogP contribution is -2.31. The minimum absolute atomic E-state index is 0.0153. The molecule has 146 valence electrons. The number of nitrogens with one attached hydrogen (secondary N) is 1. The first kappa shape index (κ1) is 19.7. The summed E-state index contributed by atoms with van der Waals surface area (Å²) in [7, 11) is 3.56. The molecular formula is C23H27N3O2. The summed E-state index contributed by atoms with van der Waals surface area (Å²) in [5.41, 5.74) is 3.36. The highest BCUT2D eigenvalue weighted by atomic mass is 16.5. The number of para-hydroxylation sites is 1. The third kappa shape index (κ3) is 4.60. The molecule has 1 atom stereocenters. The fraction of sp³-hybridized carbons (Fsp3) is 0.304. The molecule has 3 rings (SSSR count). The molecule has 1 amide bonds. The fourth-order valence-corrected chi connectivity index (χ4v) is 3.27. The lowest BCUT2D eigenvalue weighted by atomic mass is 10.0. The predicted octanol–water partition coefficient (Wildman–Crippen LogP) is 3.83. The lowest BCUT2D eigenvalue weighted by molar-refractivity contribution is -0.121. The van der Waals surface area contributed by atoms with Crippen LogP contribution in [-0.2, 0) is 24.7 Å². The minimum Gasteiger partial charge on any atom is -0.496 e. The molecule has 0 bridgehead atoms. The maximum absolute atomic E-state index is 12.7. The van der Waals surface area contributed by atoms with Gasteiger partial charge in [0.25, 0.3) is 0 Å².